The molecular formula is C19H22ClNO4. The van der Waals surface area contributed by atoms with Crippen LogP contribution in [0.5, 0.6) is 5.75 Å². The number of rotatable bonds is 8. The summed E-state index contributed by atoms with van der Waals surface area (Å²) >= 11 is 5.99. The number of carboxylic acids is 1. The van der Waals surface area contributed by atoms with E-state index in [1.165, 1.54) is 0 Å². The molecule has 0 aliphatic heterocycles. The van der Waals surface area contributed by atoms with Crippen molar-refractivity contribution in [2.24, 2.45) is 0 Å². The maximum absolute atomic E-state index is 10.7. The second-order valence-corrected chi connectivity index (χ2v) is 6.59. The number of benzene rings is 2. The van der Waals surface area contributed by atoms with Gasteiger partial charge in [-0.3, -0.25) is 5.32 Å². The van der Waals surface area contributed by atoms with Crippen LogP contribution in [0.3, 0.4) is 0 Å². The van der Waals surface area contributed by atoms with Gasteiger partial charge in [0.25, 0.3) is 0 Å². The molecule has 2 rings (SSSR count). The molecule has 5 nitrogen and oxygen atoms in total. The Bertz CT molecular complexity index is 716. The van der Waals surface area contributed by atoms with Crippen LogP contribution >= 0.6 is 11.6 Å². The van der Waals surface area contributed by atoms with Crippen LogP contribution in [-0.4, -0.2) is 28.8 Å². The van der Waals surface area contributed by atoms with Gasteiger partial charge in [0.1, 0.15) is 11.5 Å². The fourth-order valence-corrected chi connectivity index (χ4v) is 2.82. The summed E-state index contributed by atoms with van der Waals surface area (Å²) in [7, 11) is 0. The van der Waals surface area contributed by atoms with E-state index >= 15 is 0 Å². The smallest absolute Gasteiger partial charge is 0.341 e. The van der Waals surface area contributed by atoms with E-state index in [0.717, 1.165) is 5.56 Å². The molecule has 0 aliphatic rings. The van der Waals surface area contributed by atoms with Crippen molar-refractivity contribution in [3.63, 3.8) is 0 Å². The number of halogens is 1. The van der Waals surface area contributed by atoms with E-state index in [1.54, 1.807) is 37.3 Å². The molecule has 2 atom stereocenters. The molecule has 1 unspecified atom stereocenters. The number of carboxylic acid groups (broad SMARTS) is 1. The Kier molecular flexibility index (Phi) is 6.42. The van der Waals surface area contributed by atoms with Gasteiger partial charge in [0.2, 0.25) is 0 Å². The average Bonchev–Trinajstić information content (AvgIpc) is 2.53. The van der Waals surface area contributed by atoms with Crippen LogP contribution in [0, 0.1) is 0 Å². The summed E-state index contributed by atoms with van der Waals surface area (Å²) in [5, 5.41) is 23.0. The minimum atomic E-state index is -1.20. The minimum absolute atomic E-state index is 0.000213. The van der Waals surface area contributed by atoms with Gasteiger partial charge >= 0.3 is 5.97 Å². The van der Waals surface area contributed by atoms with E-state index in [0.29, 0.717) is 22.8 Å². The molecule has 0 spiro atoms. The number of nitrogens with one attached hydrogen (secondary N) is 1. The monoisotopic (exact) mass is 363 g/mol. The van der Waals surface area contributed by atoms with Crippen molar-refractivity contribution in [3.05, 3.63) is 64.7 Å². The van der Waals surface area contributed by atoms with Gasteiger partial charge < -0.3 is 14.9 Å². The molecule has 0 radical (unpaired) electrons. The molecule has 0 fully saturated rings. The first-order valence-electron chi connectivity index (χ1n) is 7.96. The van der Waals surface area contributed by atoms with Crippen LogP contribution in [0.2, 0.25) is 5.02 Å². The summed E-state index contributed by atoms with van der Waals surface area (Å²) in [4.78, 5) is 10.5. The predicted molar refractivity (Wildman–Crippen MR) is 96.9 cm³/mol. The van der Waals surface area contributed by atoms with Crippen molar-refractivity contribution >= 4 is 17.6 Å². The lowest BCUT2D eigenvalue weighted by Crippen LogP contribution is -2.45. The van der Waals surface area contributed by atoms with Crippen molar-refractivity contribution < 1.29 is 19.7 Å². The van der Waals surface area contributed by atoms with E-state index in [9.17, 15) is 9.90 Å². The van der Waals surface area contributed by atoms with E-state index < -0.39 is 11.7 Å². The normalized spacial score (nSPS) is 14.6. The third-order valence-corrected chi connectivity index (χ3v) is 3.98. The molecule has 0 heterocycles. The van der Waals surface area contributed by atoms with Gasteiger partial charge in [-0.15, -0.1) is 0 Å². The Hall–Kier alpha value is -2.08. The lowest BCUT2D eigenvalue weighted by Gasteiger charge is -2.29. The van der Waals surface area contributed by atoms with Crippen LogP contribution in [0.4, 0.5) is 0 Å². The van der Waals surface area contributed by atoms with Gasteiger partial charge in [0, 0.05) is 11.1 Å². The zero-order chi connectivity index (χ0) is 18.4. The predicted octanol–water partition coefficient (Wildman–Crippen LogP) is 3.19. The molecule has 25 heavy (non-hydrogen) atoms. The van der Waals surface area contributed by atoms with Crippen LogP contribution < -0.4 is 10.1 Å². The Morgan fingerprint density at radius 3 is 2.56 bits per heavy atom. The molecular weight excluding hydrogens is 342 g/mol. The maximum atomic E-state index is 10.7. The summed E-state index contributed by atoms with van der Waals surface area (Å²) in [5.74, 6) is -0.497. The molecule has 6 heteroatoms. The molecule has 3 N–H and O–H groups in total. The highest BCUT2D eigenvalue weighted by Gasteiger charge is 2.25. The highest BCUT2D eigenvalue weighted by atomic mass is 35.5. The average molecular weight is 364 g/mol. The van der Waals surface area contributed by atoms with Crippen LogP contribution in [0.1, 0.15) is 25.0 Å². The number of carbonyl (C=O) groups is 1. The van der Waals surface area contributed by atoms with Gasteiger partial charge in [-0.25, -0.2) is 4.79 Å². The van der Waals surface area contributed by atoms with Crippen molar-refractivity contribution in [1.29, 1.82) is 0 Å². The van der Waals surface area contributed by atoms with Crippen molar-refractivity contribution in [2.45, 2.75) is 32.0 Å². The molecule has 2 aromatic carbocycles. The summed E-state index contributed by atoms with van der Waals surface area (Å²) in [6, 6.07) is 14.3. The van der Waals surface area contributed by atoms with Crippen LogP contribution in [-0.2, 0) is 16.9 Å². The Morgan fingerprint density at radius 2 is 1.96 bits per heavy atom. The highest BCUT2D eigenvalue weighted by Crippen LogP contribution is 2.22. The number of hydrogen-bond donors (Lipinski definition) is 3. The first-order chi connectivity index (χ1) is 11.8. The minimum Gasteiger partial charge on any atom is -0.482 e. The number of aliphatic hydroxyl groups is 1. The second-order valence-electron chi connectivity index (χ2n) is 6.16. The van der Waals surface area contributed by atoms with Gasteiger partial charge in [-0.05, 0) is 55.7 Å². The van der Waals surface area contributed by atoms with Crippen LogP contribution in [0.25, 0.3) is 0 Å². The SMILES string of the molecule is C[C@@H](Cc1ccc(OCC(=O)O)cc1)NC(C)(O)c1cccc(Cl)c1. The van der Waals surface area contributed by atoms with Crippen molar-refractivity contribution in [2.75, 3.05) is 6.61 Å². The van der Waals surface area contributed by atoms with Gasteiger partial charge in [-0.1, -0.05) is 35.9 Å². The molecule has 0 bridgehead atoms. The molecule has 134 valence electrons. The first-order valence-corrected chi connectivity index (χ1v) is 8.34. The van der Waals surface area contributed by atoms with E-state index in [4.69, 9.17) is 21.4 Å². The van der Waals surface area contributed by atoms with E-state index in [1.807, 2.05) is 25.1 Å². The molecule has 0 amide bonds. The molecule has 0 saturated carbocycles. The lowest BCUT2D eigenvalue weighted by atomic mass is 10.0. The van der Waals surface area contributed by atoms with Gasteiger partial charge in [-0.2, -0.15) is 0 Å². The fraction of sp³-hybridized carbons (Fsp3) is 0.316. The Balaban J connectivity index is 1.95. The highest BCUT2D eigenvalue weighted by molar-refractivity contribution is 6.30. The molecule has 2 aromatic rings. The summed E-state index contributed by atoms with van der Waals surface area (Å²) < 4.78 is 5.11. The third kappa shape index (κ3) is 6.05. The van der Waals surface area contributed by atoms with E-state index in [-0.39, 0.29) is 12.6 Å². The largest absolute Gasteiger partial charge is 0.482 e. The molecule has 0 saturated heterocycles. The third-order valence-electron chi connectivity index (χ3n) is 3.74. The zero-order valence-corrected chi connectivity index (χ0v) is 15.0. The number of hydrogen-bond acceptors (Lipinski definition) is 4. The molecule has 0 aromatic heterocycles. The van der Waals surface area contributed by atoms with Crippen LogP contribution in [0.15, 0.2) is 48.5 Å². The standard InChI is InChI=1S/C19H22ClNO4/c1-13(21-19(2,24)15-4-3-5-16(20)11-15)10-14-6-8-17(9-7-14)25-12-18(22)23/h3-9,11,13,21,24H,10,12H2,1-2H3,(H,22,23)/t13-,19?/m0/s1. The first kappa shape index (κ1) is 19.2. The van der Waals surface area contributed by atoms with Gasteiger partial charge in [0.05, 0.1) is 0 Å². The van der Waals surface area contributed by atoms with Crippen molar-refractivity contribution in [1.82, 2.24) is 5.32 Å². The Morgan fingerprint density at radius 1 is 1.28 bits per heavy atom. The summed E-state index contributed by atoms with van der Waals surface area (Å²) in [5.41, 5.74) is 0.545. The quantitative estimate of drug-likeness (QED) is 0.628. The lowest BCUT2D eigenvalue weighted by molar-refractivity contribution is -0.139. The van der Waals surface area contributed by atoms with Crippen molar-refractivity contribution in [3.8, 4) is 5.75 Å². The topological polar surface area (TPSA) is 78.8 Å². The van der Waals surface area contributed by atoms with E-state index in [2.05, 4.69) is 5.32 Å². The summed E-state index contributed by atoms with van der Waals surface area (Å²) in [6.07, 6.45) is 0.690. The zero-order valence-electron chi connectivity index (χ0n) is 14.2. The molecule has 0 aliphatic carbocycles. The Labute approximate surface area is 152 Å². The van der Waals surface area contributed by atoms with Gasteiger partial charge in [0.15, 0.2) is 6.61 Å². The maximum Gasteiger partial charge on any atom is 0.341 e. The number of ether oxygens (including phenoxy) is 1. The fourth-order valence-electron chi connectivity index (χ4n) is 2.63. The number of aliphatic carboxylic acids is 1. The second kappa shape index (κ2) is 8.34. The summed E-state index contributed by atoms with van der Waals surface area (Å²) in [6.45, 7) is 3.31.